The molecular formula is C14H17F3N2O. The van der Waals surface area contributed by atoms with Crippen molar-refractivity contribution in [2.75, 3.05) is 13.6 Å². The van der Waals surface area contributed by atoms with Gasteiger partial charge in [-0.15, -0.1) is 0 Å². The van der Waals surface area contributed by atoms with Crippen molar-refractivity contribution in [2.24, 2.45) is 11.7 Å². The van der Waals surface area contributed by atoms with E-state index < -0.39 is 23.5 Å². The maximum Gasteiger partial charge on any atom is 0.411 e. The summed E-state index contributed by atoms with van der Waals surface area (Å²) in [7, 11) is 1.44. The molecule has 1 saturated heterocycles. The molecule has 20 heavy (non-hydrogen) atoms. The molecule has 1 aliphatic rings. The van der Waals surface area contributed by atoms with E-state index in [1.165, 1.54) is 24.1 Å². The first-order valence-electron chi connectivity index (χ1n) is 6.42. The number of carbonyl (C=O) groups is 1. The average Bonchev–Trinajstić information content (AvgIpc) is 2.38. The van der Waals surface area contributed by atoms with Crippen LogP contribution in [-0.4, -0.2) is 30.6 Å². The van der Waals surface area contributed by atoms with Gasteiger partial charge in [0.15, 0.2) is 0 Å². The number of likely N-dealkylation sites (tertiary alicyclic amines) is 1. The van der Waals surface area contributed by atoms with Crippen LogP contribution in [0.2, 0.25) is 0 Å². The summed E-state index contributed by atoms with van der Waals surface area (Å²) in [5.74, 6) is -1.42. The summed E-state index contributed by atoms with van der Waals surface area (Å²) in [4.78, 5) is 12.6. The van der Waals surface area contributed by atoms with E-state index in [0.717, 1.165) is 0 Å². The quantitative estimate of drug-likeness (QED) is 0.906. The van der Waals surface area contributed by atoms with Crippen molar-refractivity contribution >= 4 is 5.91 Å². The lowest BCUT2D eigenvalue weighted by Crippen LogP contribution is -2.59. The summed E-state index contributed by atoms with van der Waals surface area (Å²) < 4.78 is 41.3. The Bertz CT molecular complexity index is 489. The normalized spacial score (nSPS) is 28.3. The van der Waals surface area contributed by atoms with E-state index in [1.807, 2.05) is 0 Å². The number of benzene rings is 1. The molecule has 110 valence electrons. The minimum Gasteiger partial charge on any atom is -0.369 e. The molecule has 2 rings (SSSR count). The molecule has 0 saturated carbocycles. The van der Waals surface area contributed by atoms with E-state index in [2.05, 4.69) is 0 Å². The summed E-state index contributed by atoms with van der Waals surface area (Å²) >= 11 is 0. The largest absolute Gasteiger partial charge is 0.411 e. The maximum atomic E-state index is 13.8. The van der Waals surface area contributed by atoms with Gasteiger partial charge in [-0.2, -0.15) is 13.2 Å². The van der Waals surface area contributed by atoms with Crippen molar-refractivity contribution in [1.82, 2.24) is 4.90 Å². The van der Waals surface area contributed by atoms with Crippen molar-refractivity contribution in [3.8, 4) is 0 Å². The standard InChI is InChI=1S/C14H17F3N2O/c1-19-8-7-10(12(18)20)9-13(19,14(15,16)17)11-5-3-2-4-6-11/h2-6,10H,7-9H2,1H3,(H2,18,20). The molecule has 0 bridgehead atoms. The molecule has 0 spiro atoms. The SMILES string of the molecule is CN1CCC(C(N)=O)CC1(c1ccccc1)C(F)(F)F. The number of alkyl halides is 3. The highest BCUT2D eigenvalue weighted by Crippen LogP contribution is 2.50. The highest BCUT2D eigenvalue weighted by Gasteiger charge is 2.61. The average molecular weight is 286 g/mol. The highest BCUT2D eigenvalue weighted by molar-refractivity contribution is 5.77. The maximum absolute atomic E-state index is 13.8. The molecule has 2 N–H and O–H groups in total. The van der Waals surface area contributed by atoms with Crippen LogP contribution >= 0.6 is 0 Å². The van der Waals surface area contributed by atoms with Crippen LogP contribution in [0.3, 0.4) is 0 Å². The Hall–Kier alpha value is -1.56. The first-order valence-corrected chi connectivity index (χ1v) is 6.42. The number of hydrogen-bond acceptors (Lipinski definition) is 2. The molecule has 1 aliphatic heterocycles. The van der Waals surface area contributed by atoms with Crippen molar-refractivity contribution < 1.29 is 18.0 Å². The Morgan fingerprint density at radius 2 is 1.95 bits per heavy atom. The molecule has 2 unspecified atom stereocenters. The first kappa shape index (κ1) is 14.8. The fourth-order valence-corrected chi connectivity index (χ4v) is 2.95. The Morgan fingerprint density at radius 1 is 1.35 bits per heavy atom. The van der Waals surface area contributed by atoms with E-state index in [1.54, 1.807) is 18.2 Å². The number of carbonyl (C=O) groups excluding carboxylic acids is 1. The van der Waals surface area contributed by atoms with Gasteiger partial charge >= 0.3 is 6.18 Å². The molecule has 1 fully saturated rings. The zero-order valence-electron chi connectivity index (χ0n) is 11.2. The van der Waals surface area contributed by atoms with Crippen LogP contribution in [0.15, 0.2) is 30.3 Å². The fraction of sp³-hybridized carbons (Fsp3) is 0.500. The second-order valence-corrected chi connectivity index (χ2v) is 5.24. The number of halogens is 3. The topological polar surface area (TPSA) is 46.3 Å². The number of nitrogens with zero attached hydrogens (tertiary/aromatic N) is 1. The number of nitrogens with two attached hydrogens (primary N) is 1. The van der Waals surface area contributed by atoms with Gasteiger partial charge in [0.25, 0.3) is 0 Å². The van der Waals surface area contributed by atoms with E-state index in [0.29, 0.717) is 6.42 Å². The van der Waals surface area contributed by atoms with E-state index >= 15 is 0 Å². The van der Waals surface area contributed by atoms with Gasteiger partial charge in [0.05, 0.1) is 0 Å². The van der Waals surface area contributed by atoms with Gasteiger partial charge in [-0.1, -0.05) is 30.3 Å². The van der Waals surface area contributed by atoms with Crippen molar-refractivity contribution in [1.29, 1.82) is 0 Å². The van der Waals surface area contributed by atoms with Crippen LogP contribution < -0.4 is 5.73 Å². The van der Waals surface area contributed by atoms with E-state index in [-0.39, 0.29) is 18.5 Å². The number of amides is 1. The van der Waals surface area contributed by atoms with Crippen LogP contribution in [0, 0.1) is 5.92 Å². The second-order valence-electron chi connectivity index (χ2n) is 5.24. The van der Waals surface area contributed by atoms with Crippen LogP contribution in [0.1, 0.15) is 18.4 Å². The highest BCUT2D eigenvalue weighted by atomic mass is 19.4. The monoisotopic (exact) mass is 286 g/mol. The minimum absolute atomic E-state index is 0.154. The summed E-state index contributed by atoms with van der Waals surface area (Å²) in [6, 6.07) is 7.72. The summed E-state index contributed by atoms with van der Waals surface area (Å²) in [6.07, 6.45) is -4.44. The van der Waals surface area contributed by atoms with Crippen LogP contribution in [0.5, 0.6) is 0 Å². The Kier molecular flexibility index (Phi) is 3.77. The second kappa shape index (κ2) is 5.09. The molecule has 1 aromatic carbocycles. The summed E-state index contributed by atoms with van der Waals surface area (Å²) in [6.45, 7) is 0.183. The molecule has 1 amide bonds. The summed E-state index contributed by atoms with van der Waals surface area (Å²) in [5.41, 5.74) is 3.24. The lowest BCUT2D eigenvalue weighted by atomic mass is 9.75. The molecule has 0 aliphatic carbocycles. The smallest absolute Gasteiger partial charge is 0.369 e. The molecule has 1 heterocycles. The minimum atomic E-state index is -4.47. The van der Waals surface area contributed by atoms with Crippen LogP contribution in [0.4, 0.5) is 13.2 Å². The fourth-order valence-electron chi connectivity index (χ4n) is 2.95. The molecular weight excluding hydrogens is 269 g/mol. The third-order valence-electron chi connectivity index (χ3n) is 4.13. The van der Waals surface area contributed by atoms with E-state index in [4.69, 9.17) is 5.73 Å². The number of piperidine rings is 1. The predicted octanol–water partition coefficient (Wildman–Crippen LogP) is 2.27. The van der Waals surface area contributed by atoms with Crippen molar-refractivity contribution in [2.45, 2.75) is 24.6 Å². The Labute approximate surface area is 115 Å². The molecule has 2 atom stereocenters. The predicted molar refractivity (Wildman–Crippen MR) is 68.7 cm³/mol. The van der Waals surface area contributed by atoms with Crippen molar-refractivity contribution in [3.63, 3.8) is 0 Å². The number of rotatable bonds is 2. The van der Waals surface area contributed by atoms with Gasteiger partial charge in [-0.3, -0.25) is 9.69 Å². The van der Waals surface area contributed by atoms with Crippen molar-refractivity contribution in [3.05, 3.63) is 35.9 Å². The Balaban J connectivity index is 2.54. The van der Waals surface area contributed by atoms with E-state index in [9.17, 15) is 18.0 Å². The lowest BCUT2D eigenvalue weighted by Gasteiger charge is -2.48. The number of hydrogen-bond donors (Lipinski definition) is 1. The van der Waals surface area contributed by atoms with Crippen LogP contribution in [0.25, 0.3) is 0 Å². The third kappa shape index (κ3) is 2.28. The zero-order valence-corrected chi connectivity index (χ0v) is 11.2. The van der Waals surface area contributed by atoms with Gasteiger partial charge in [-0.25, -0.2) is 0 Å². The van der Waals surface area contributed by atoms with Gasteiger partial charge in [-0.05, 0) is 32.0 Å². The molecule has 0 radical (unpaired) electrons. The number of primary amides is 1. The van der Waals surface area contributed by atoms with Gasteiger partial charge in [0.1, 0.15) is 5.54 Å². The molecule has 1 aromatic rings. The molecule has 6 heteroatoms. The third-order valence-corrected chi connectivity index (χ3v) is 4.13. The first-order chi connectivity index (χ1) is 9.29. The van der Waals surface area contributed by atoms with Crippen LogP contribution in [-0.2, 0) is 10.3 Å². The molecule has 0 aromatic heterocycles. The van der Waals surface area contributed by atoms with Gasteiger partial charge in [0.2, 0.25) is 5.91 Å². The summed E-state index contributed by atoms with van der Waals surface area (Å²) in [5, 5.41) is 0. The van der Waals surface area contributed by atoms with Gasteiger partial charge < -0.3 is 5.73 Å². The van der Waals surface area contributed by atoms with Gasteiger partial charge in [0, 0.05) is 5.92 Å². The molecule has 3 nitrogen and oxygen atoms in total. The Morgan fingerprint density at radius 3 is 2.45 bits per heavy atom. The lowest BCUT2D eigenvalue weighted by molar-refractivity contribution is -0.247. The zero-order chi connectivity index (χ0) is 15.0.